The molecule has 1 aliphatic heterocycles. The maximum atomic E-state index is 12.6. The van der Waals surface area contributed by atoms with E-state index in [2.05, 4.69) is 4.90 Å². The molecule has 0 aromatic heterocycles. The van der Waals surface area contributed by atoms with Crippen LogP contribution in [0.1, 0.15) is 38.5 Å². The lowest BCUT2D eigenvalue weighted by Gasteiger charge is -2.45. The third-order valence-corrected chi connectivity index (χ3v) is 4.78. The standard InChI is InChI=1S/C14H26N2O2/c1-18-10-7-14(5-2-6-14)13(17)16-8-3-12(11-15)4-9-16/h12H,2-11,15H2,1H3. The third kappa shape index (κ3) is 2.69. The molecule has 2 aliphatic rings. The maximum Gasteiger partial charge on any atom is 0.228 e. The molecule has 0 unspecified atom stereocenters. The molecule has 1 heterocycles. The van der Waals surface area contributed by atoms with E-state index in [1.165, 1.54) is 6.42 Å². The van der Waals surface area contributed by atoms with Crippen LogP contribution >= 0.6 is 0 Å². The average molecular weight is 254 g/mol. The summed E-state index contributed by atoms with van der Waals surface area (Å²) in [6, 6.07) is 0. The molecule has 2 N–H and O–H groups in total. The number of hydrogen-bond donors (Lipinski definition) is 1. The molecule has 0 radical (unpaired) electrons. The Morgan fingerprint density at radius 3 is 2.50 bits per heavy atom. The van der Waals surface area contributed by atoms with Gasteiger partial charge in [-0.05, 0) is 44.6 Å². The smallest absolute Gasteiger partial charge is 0.228 e. The Kier molecular flexibility index (Phi) is 4.62. The van der Waals surface area contributed by atoms with Crippen LogP contribution in [0.4, 0.5) is 0 Å². The SMILES string of the molecule is COCCC1(C(=O)N2CCC(CN)CC2)CCC1. The highest BCUT2D eigenvalue weighted by molar-refractivity contribution is 5.83. The fourth-order valence-electron chi connectivity index (χ4n) is 3.18. The van der Waals surface area contributed by atoms with Crippen LogP contribution in [0.25, 0.3) is 0 Å². The monoisotopic (exact) mass is 254 g/mol. The number of carbonyl (C=O) groups is 1. The molecule has 1 amide bonds. The van der Waals surface area contributed by atoms with Crippen molar-refractivity contribution in [2.75, 3.05) is 33.4 Å². The lowest BCUT2D eigenvalue weighted by atomic mass is 9.65. The van der Waals surface area contributed by atoms with E-state index in [1.807, 2.05) is 0 Å². The molecular weight excluding hydrogens is 228 g/mol. The maximum absolute atomic E-state index is 12.6. The number of methoxy groups -OCH3 is 1. The van der Waals surface area contributed by atoms with Gasteiger partial charge >= 0.3 is 0 Å². The third-order valence-electron chi connectivity index (χ3n) is 4.78. The van der Waals surface area contributed by atoms with Gasteiger partial charge in [-0.25, -0.2) is 0 Å². The van der Waals surface area contributed by atoms with Gasteiger partial charge < -0.3 is 15.4 Å². The van der Waals surface area contributed by atoms with Gasteiger partial charge in [-0.2, -0.15) is 0 Å². The van der Waals surface area contributed by atoms with Crippen LogP contribution < -0.4 is 5.73 Å². The molecule has 0 aromatic rings. The largest absolute Gasteiger partial charge is 0.385 e. The van der Waals surface area contributed by atoms with Crippen molar-refractivity contribution in [1.82, 2.24) is 4.90 Å². The topological polar surface area (TPSA) is 55.6 Å². The molecular formula is C14H26N2O2. The van der Waals surface area contributed by atoms with Crippen LogP contribution in [-0.4, -0.2) is 44.2 Å². The Morgan fingerprint density at radius 1 is 1.39 bits per heavy atom. The van der Waals surface area contributed by atoms with Gasteiger partial charge in [-0.1, -0.05) is 6.42 Å². The number of amides is 1. The number of hydrogen-bond acceptors (Lipinski definition) is 3. The average Bonchev–Trinajstić information content (AvgIpc) is 2.37. The van der Waals surface area contributed by atoms with Gasteiger partial charge in [0.1, 0.15) is 0 Å². The molecule has 1 saturated heterocycles. The van der Waals surface area contributed by atoms with E-state index >= 15 is 0 Å². The Balaban J connectivity index is 1.89. The number of nitrogens with zero attached hydrogens (tertiary/aromatic N) is 1. The van der Waals surface area contributed by atoms with E-state index < -0.39 is 0 Å². The van der Waals surface area contributed by atoms with E-state index in [9.17, 15) is 4.79 Å². The number of nitrogens with two attached hydrogens (primary N) is 1. The van der Waals surface area contributed by atoms with Gasteiger partial charge in [0.15, 0.2) is 0 Å². The van der Waals surface area contributed by atoms with Crippen molar-refractivity contribution in [3.63, 3.8) is 0 Å². The number of ether oxygens (including phenoxy) is 1. The second kappa shape index (κ2) is 6.02. The van der Waals surface area contributed by atoms with Crippen molar-refractivity contribution >= 4 is 5.91 Å². The summed E-state index contributed by atoms with van der Waals surface area (Å²) in [5.41, 5.74) is 5.60. The highest BCUT2D eigenvalue weighted by atomic mass is 16.5. The first-order valence-corrected chi connectivity index (χ1v) is 7.20. The lowest BCUT2D eigenvalue weighted by molar-refractivity contribution is -0.150. The predicted octanol–water partition coefficient (Wildman–Crippen LogP) is 1.39. The van der Waals surface area contributed by atoms with Crippen LogP contribution in [0, 0.1) is 11.3 Å². The second-order valence-electron chi connectivity index (χ2n) is 5.85. The number of piperidine rings is 1. The highest BCUT2D eigenvalue weighted by Crippen LogP contribution is 2.45. The lowest BCUT2D eigenvalue weighted by Crippen LogP contribution is -2.51. The minimum Gasteiger partial charge on any atom is -0.385 e. The Hall–Kier alpha value is -0.610. The summed E-state index contributed by atoms with van der Waals surface area (Å²) in [6.45, 7) is 3.26. The molecule has 0 spiro atoms. The first-order valence-electron chi connectivity index (χ1n) is 7.20. The molecule has 104 valence electrons. The molecule has 18 heavy (non-hydrogen) atoms. The normalized spacial score (nSPS) is 23.8. The molecule has 4 heteroatoms. The van der Waals surface area contributed by atoms with Gasteiger partial charge in [0.05, 0.1) is 5.41 Å². The Labute approximate surface area is 110 Å². The number of carbonyl (C=O) groups excluding carboxylic acids is 1. The van der Waals surface area contributed by atoms with E-state index in [-0.39, 0.29) is 5.41 Å². The number of likely N-dealkylation sites (tertiary alicyclic amines) is 1. The van der Waals surface area contributed by atoms with Gasteiger partial charge in [-0.3, -0.25) is 4.79 Å². The summed E-state index contributed by atoms with van der Waals surface area (Å²) >= 11 is 0. The molecule has 1 saturated carbocycles. The molecule has 1 aliphatic carbocycles. The van der Waals surface area contributed by atoms with Gasteiger partial charge in [0.2, 0.25) is 5.91 Å². The fraction of sp³-hybridized carbons (Fsp3) is 0.929. The first kappa shape index (κ1) is 13.8. The molecule has 2 fully saturated rings. The van der Waals surface area contributed by atoms with Crippen molar-refractivity contribution in [2.24, 2.45) is 17.1 Å². The predicted molar refractivity (Wildman–Crippen MR) is 71.1 cm³/mol. The van der Waals surface area contributed by atoms with Crippen molar-refractivity contribution in [2.45, 2.75) is 38.5 Å². The van der Waals surface area contributed by atoms with Crippen LogP contribution in [0.5, 0.6) is 0 Å². The van der Waals surface area contributed by atoms with E-state index in [4.69, 9.17) is 10.5 Å². The Bertz CT molecular complexity index is 282. The van der Waals surface area contributed by atoms with Crippen molar-refractivity contribution in [1.29, 1.82) is 0 Å². The van der Waals surface area contributed by atoms with Gasteiger partial charge in [0.25, 0.3) is 0 Å². The molecule has 2 rings (SSSR count). The molecule has 0 aromatic carbocycles. The van der Waals surface area contributed by atoms with Crippen molar-refractivity contribution in [3.05, 3.63) is 0 Å². The fourth-order valence-corrected chi connectivity index (χ4v) is 3.18. The van der Waals surface area contributed by atoms with Crippen LogP contribution in [-0.2, 0) is 9.53 Å². The second-order valence-corrected chi connectivity index (χ2v) is 5.85. The zero-order valence-corrected chi connectivity index (χ0v) is 11.5. The molecule has 0 atom stereocenters. The van der Waals surface area contributed by atoms with E-state index in [1.54, 1.807) is 7.11 Å². The summed E-state index contributed by atoms with van der Waals surface area (Å²) in [7, 11) is 1.71. The zero-order chi connectivity index (χ0) is 13.0. The van der Waals surface area contributed by atoms with Crippen molar-refractivity contribution in [3.8, 4) is 0 Å². The zero-order valence-electron chi connectivity index (χ0n) is 11.5. The summed E-state index contributed by atoms with van der Waals surface area (Å²) in [5.74, 6) is 0.992. The van der Waals surface area contributed by atoms with E-state index in [0.29, 0.717) is 18.4 Å². The molecule has 0 bridgehead atoms. The summed E-state index contributed by atoms with van der Waals surface area (Å²) < 4.78 is 5.16. The van der Waals surface area contributed by atoms with Crippen LogP contribution in [0.15, 0.2) is 0 Å². The Morgan fingerprint density at radius 2 is 2.06 bits per heavy atom. The van der Waals surface area contributed by atoms with E-state index in [0.717, 1.165) is 51.7 Å². The summed E-state index contributed by atoms with van der Waals surface area (Å²) in [5, 5.41) is 0. The molecule has 4 nitrogen and oxygen atoms in total. The summed E-state index contributed by atoms with van der Waals surface area (Å²) in [4.78, 5) is 14.7. The van der Waals surface area contributed by atoms with Crippen molar-refractivity contribution < 1.29 is 9.53 Å². The number of rotatable bonds is 5. The van der Waals surface area contributed by atoms with Crippen LogP contribution in [0.3, 0.4) is 0 Å². The van der Waals surface area contributed by atoms with Gasteiger partial charge in [-0.15, -0.1) is 0 Å². The summed E-state index contributed by atoms with van der Waals surface area (Å²) in [6.07, 6.45) is 6.32. The minimum atomic E-state index is -0.0917. The van der Waals surface area contributed by atoms with Gasteiger partial charge in [0, 0.05) is 26.8 Å². The minimum absolute atomic E-state index is 0.0917. The highest BCUT2D eigenvalue weighted by Gasteiger charge is 2.46. The first-order chi connectivity index (χ1) is 8.72. The van der Waals surface area contributed by atoms with Crippen LogP contribution in [0.2, 0.25) is 0 Å². The quantitative estimate of drug-likeness (QED) is 0.806.